The number of benzene rings is 1. The lowest BCUT2D eigenvalue weighted by Gasteiger charge is -2.32. The number of rotatable bonds is 5. The van der Waals surface area contributed by atoms with Crippen LogP contribution >= 0.6 is 11.8 Å². The number of ether oxygens (including phenoxy) is 1. The highest BCUT2D eigenvalue weighted by Gasteiger charge is 2.18. The van der Waals surface area contributed by atoms with Gasteiger partial charge in [-0.2, -0.15) is 11.8 Å². The van der Waals surface area contributed by atoms with Crippen LogP contribution in [0.1, 0.15) is 24.1 Å². The smallest absolute Gasteiger partial charge is 0.0702 e. The summed E-state index contributed by atoms with van der Waals surface area (Å²) in [6.07, 6.45) is 4.10. The number of hydrogen-bond acceptors (Lipinski definition) is 4. The van der Waals surface area contributed by atoms with Crippen molar-refractivity contribution in [3.05, 3.63) is 53.7 Å². The van der Waals surface area contributed by atoms with E-state index in [1.165, 1.54) is 16.7 Å². The molecule has 3 nitrogen and oxygen atoms in total. The minimum atomic E-state index is 0.435. The summed E-state index contributed by atoms with van der Waals surface area (Å²) in [5, 5.41) is 0. The monoisotopic (exact) mass is 328 g/mol. The summed E-state index contributed by atoms with van der Waals surface area (Å²) in [5.74, 6) is 1.02. The highest BCUT2D eigenvalue weighted by molar-refractivity contribution is 7.97. The van der Waals surface area contributed by atoms with E-state index in [0.717, 1.165) is 37.8 Å². The number of thioether (sulfide) groups is 1. The lowest BCUT2D eigenvalue weighted by atomic mass is 10.0. The molecule has 0 radical (unpaired) electrons. The van der Waals surface area contributed by atoms with Crippen LogP contribution in [0.5, 0.6) is 0 Å². The first-order valence-electron chi connectivity index (χ1n) is 8.14. The van der Waals surface area contributed by atoms with Gasteiger partial charge in [-0.15, -0.1) is 0 Å². The number of pyridine rings is 1. The maximum absolute atomic E-state index is 5.44. The van der Waals surface area contributed by atoms with Gasteiger partial charge < -0.3 is 4.74 Å². The first-order chi connectivity index (χ1) is 11.3. The maximum Gasteiger partial charge on any atom is 0.0702 e. The van der Waals surface area contributed by atoms with Gasteiger partial charge in [0.25, 0.3) is 0 Å². The van der Waals surface area contributed by atoms with Gasteiger partial charge in [0.1, 0.15) is 0 Å². The molecule has 3 rings (SSSR count). The third-order valence-electron chi connectivity index (χ3n) is 4.42. The molecule has 1 aromatic heterocycles. The molecule has 1 aliphatic rings. The predicted molar refractivity (Wildman–Crippen MR) is 97.7 cm³/mol. The summed E-state index contributed by atoms with van der Waals surface area (Å²) in [6.45, 7) is 5.99. The largest absolute Gasteiger partial charge is 0.379 e. The van der Waals surface area contributed by atoms with Crippen LogP contribution < -0.4 is 0 Å². The summed E-state index contributed by atoms with van der Waals surface area (Å²) in [4.78, 5) is 7.07. The fourth-order valence-corrected chi connectivity index (χ4v) is 3.46. The molecule has 2 heterocycles. The van der Waals surface area contributed by atoms with Crippen LogP contribution in [0.25, 0.3) is 11.3 Å². The van der Waals surface area contributed by atoms with E-state index in [1.807, 2.05) is 18.0 Å². The van der Waals surface area contributed by atoms with Crippen molar-refractivity contribution in [3.63, 3.8) is 0 Å². The number of aromatic nitrogens is 1. The molecule has 0 N–H and O–H groups in total. The Kier molecular flexibility index (Phi) is 5.70. The zero-order valence-corrected chi connectivity index (χ0v) is 14.7. The Bertz CT molecular complexity index is 606. The van der Waals surface area contributed by atoms with Crippen molar-refractivity contribution < 1.29 is 4.74 Å². The van der Waals surface area contributed by atoms with Crippen molar-refractivity contribution in [2.75, 3.05) is 32.6 Å². The van der Waals surface area contributed by atoms with Gasteiger partial charge in [0, 0.05) is 36.6 Å². The maximum atomic E-state index is 5.44. The average molecular weight is 328 g/mol. The van der Waals surface area contributed by atoms with Crippen LogP contribution in [0.2, 0.25) is 0 Å². The van der Waals surface area contributed by atoms with Gasteiger partial charge in [0.15, 0.2) is 0 Å². The summed E-state index contributed by atoms with van der Waals surface area (Å²) >= 11 is 1.82. The van der Waals surface area contributed by atoms with Gasteiger partial charge >= 0.3 is 0 Å². The normalized spacial score (nSPS) is 17.1. The van der Waals surface area contributed by atoms with Crippen LogP contribution in [-0.4, -0.2) is 42.4 Å². The molecule has 0 amide bonds. The highest BCUT2D eigenvalue weighted by Crippen LogP contribution is 2.25. The van der Waals surface area contributed by atoms with Crippen molar-refractivity contribution >= 4 is 11.8 Å². The molecular weight excluding hydrogens is 304 g/mol. The third kappa shape index (κ3) is 4.14. The summed E-state index contributed by atoms with van der Waals surface area (Å²) in [6, 6.07) is 13.5. The summed E-state index contributed by atoms with van der Waals surface area (Å²) in [7, 11) is 0. The molecule has 0 saturated carbocycles. The fourth-order valence-electron chi connectivity index (χ4n) is 2.96. The topological polar surface area (TPSA) is 25.4 Å². The number of nitrogens with zero attached hydrogens (tertiary/aromatic N) is 2. The van der Waals surface area contributed by atoms with Crippen molar-refractivity contribution in [1.82, 2.24) is 9.88 Å². The lowest BCUT2D eigenvalue weighted by Crippen LogP contribution is -2.37. The molecule has 1 aromatic carbocycles. The first-order valence-corrected chi connectivity index (χ1v) is 9.53. The van der Waals surface area contributed by atoms with E-state index >= 15 is 0 Å². The molecule has 0 bridgehead atoms. The van der Waals surface area contributed by atoms with Crippen LogP contribution in [0.4, 0.5) is 0 Å². The molecular formula is C19H24N2OS. The Balaban J connectivity index is 1.70. The number of morpholine rings is 1. The first kappa shape index (κ1) is 16.5. The third-order valence-corrected chi connectivity index (χ3v) is 5.04. The van der Waals surface area contributed by atoms with Gasteiger partial charge in [-0.05, 0) is 30.4 Å². The Hall–Kier alpha value is -1.36. The molecule has 1 fully saturated rings. The van der Waals surface area contributed by atoms with Crippen molar-refractivity contribution in [3.8, 4) is 11.3 Å². The quantitative estimate of drug-likeness (QED) is 0.828. The van der Waals surface area contributed by atoms with Gasteiger partial charge in [-0.25, -0.2) is 0 Å². The molecule has 1 aliphatic heterocycles. The van der Waals surface area contributed by atoms with Gasteiger partial charge in [0.05, 0.1) is 18.9 Å². The van der Waals surface area contributed by atoms with Gasteiger partial charge in [0.2, 0.25) is 0 Å². The minimum absolute atomic E-state index is 0.435. The summed E-state index contributed by atoms with van der Waals surface area (Å²) < 4.78 is 5.44. The number of hydrogen-bond donors (Lipinski definition) is 0. The Morgan fingerprint density at radius 2 is 1.87 bits per heavy atom. The van der Waals surface area contributed by atoms with Crippen molar-refractivity contribution in [2.24, 2.45) is 0 Å². The predicted octanol–water partition coefficient (Wildman–Crippen LogP) is 4.00. The lowest BCUT2D eigenvalue weighted by molar-refractivity contribution is 0.0198. The van der Waals surface area contributed by atoms with E-state index in [-0.39, 0.29) is 0 Å². The second-order valence-electron chi connectivity index (χ2n) is 5.93. The Morgan fingerprint density at radius 1 is 1.13 bits per heavy atom. The summed E-state index contributed by atoms with van der Waals surface area (Å²) in [5.41, 5.74) is 4.85. The molecule has 0 spiro atoms. The standard InChI is InChI=1S/C19H24N2OS/c1-15(21-9-11-22-12-10-21)17-4-6-18(7-5-17)19-8-3-16(13-20-19)14-23-2/h3-8,13,15H,9-12,14H2,1-2H3/t15-/m1/s1. The molecule has 0 aliphatic carbocycles. The molecule has 2 aromatic rings. The van der Waals surface area contributed by atoms with Gasteiger partial charge in [-0.1, -0.05) is 30.3 Å². The minimum Gasteiger partial charge on any atom is -0.379 e. The van der Waals surface area contributed by atoms with E-state index in [2.05, 4.69) is 59.5 Å². The van der Waals surface area contributed by atoms with E-state index in [4.69, 9.17) is 4.74 Å². The van der Waals surface area contributed by atoms with E-state index in [0.29, 0.717) is 6.04 Å². The Morgan fingerprint density at radius 3 is 2.48 bits per heavy atom. The van der Waals surface area contributed by atoms with Crippen LogP contribution in [0.3, 0.4) is 0 Å². The van der Waals surface area contributed by atoms with Crippen molar-refractivity contribution in [2.45, 2.75) is 18.7 Å². The van der Waals surface area contributed by atoms with Crippen LogP contribution in [-0.2, 0) is 10.5 Å². The second kappa shape index (κ2) is 7.95. The second-order valence-corrected chi connectivity index (χ2v) is 6.80. The van der Waals surface area contributed by atoms with Gasteiger partial charge in [-0.3, -0.25) is 9.88 Å². The molecule has 4 heteroatoms. The average Bonchev–Trinajstić information content (AvgIpc) is 2.63. The molecule has 1 atom stereocenters. The van der Waals surface area contributed by atoms with E-state index in [1.54, 1.807) is 0 Å². The van der Waals surface area contributed by atoms with Crippen LogP contribution in [0.15, 0.2) is 42.6 Å². The van der Waals surface area contributed by atoms with E-state index in [9.17, 15) is 0 Å². The van der Waals surface area contributed by atoms with Crippen LogP contribution in [0, 0.1) is 0 Å². The highest BCUT2D eigenvalue weighted by atomic mass is 32.2. The van der Waals surface area contributed by atoms with E-state index < -0.39 is 0 Å². The molecule has 122 valence electrons. The zero-order valence-electron chi connectivity index (χ0n) is 13.9. The fraction of sp³-hybridized carbons (Fsp3) is 0.421. The molecule has 23 heavy (non-hydrogen) atoms. The molecule has 1 saturated heterocycles. The molecule has 0 unspecified atom stereocenters. The SMILES string of the molecule is CSCc1ccc(-c2ccc([C@@H](C)N3CCOCC3)cc2)nc1. The Labute approximate surface area is 143 Å². The van der Waals surface area contributed by atoms with Crippen molar-refractivity contribution in [1.29, 1.82) is 0 Å². The zero-order chi connectivity index (χ0) is 16.1.